The quantitative estimate of drug-likeness (QED) is 0.410. The van der Waals surface area contributed by atoms with Crippen LogP contribution in [0.4, 0.5) is 11.4 Å². The van der Waals surface area contributed by atoms with Crippen molar-refractivity contribution in [3.63, 3.8) is 0 Å². The third-order valence-corrected chi connectivity index (χ3v) is 5.78. The lowest BCUT2D eigenvalue weighted by Crippen LogP contribution is -2.14. The Kier molecular flexibility index (Phi) is 8.07. The fourth-order valence-electron chi connectivity index (χ4n) is 2.83. The van der Waals surface area contributed by atoms with Gasteiger partial charge in [0.1, 0.15) is 24.0 Å². The summed E-state index contributed by atoms with van der Waals surface area (Å²) >= 11 is 12.3. The molecule has 0 fully saturated rings. The lowest BCUT2D eigenvalue weighted by molar-refractivity contribution is 0.102. The van der Waals surface area contributed by atoms with Crippen LogP contribution in [0.2, 0.25) is 10.0 Å². The van der Waals surface area contributed by atoms with Gasteiger partial charge in [0.05, 0.1) is 12.8 Å². The molecular formula is C23H22Cl2N2O5S. The summed E-state index contributed by atoms with van der Waals surface area (Å²) in [6.07, 6.45) is 1.12. The lowest BCUT2D eigenvalue weighted by Gasteiger charge is -2.16. The van der Waals surface area contributed by atoms with Crippen LogP contribution in [0.15, 0.2) is 60.7 Å². The van der Waals surface area contributed by atoms with E-state index in [2.05, 4.69) is 10.6 Å². The average molecular weight is 509 g/mol. The second kappa shape index (κ2) is 10.8. The number of anilines is 2. The average Bonchev–Trinajstić information content (AvgIpc) is 2.78. The Balaban J connectivity index is 1.82. The Morgan fingerprint density at radius 3 is 2.39 bits per heavy atom. The molecule has 3 aromatic carbocycles. The Morgan fingerprint density at radius 1 is 1.00 bits per heavy atom. The van der Waals surface area contributed by atoms with Crippen molar-refractivity contribution in [1.29, 1.82) is 0 Å². The van der Waals surface area contributed by atoms with Crippen molar-refractivity contribution in [2.24, 2.45) is 0 Å². The largest absolute Gasteiger partial charge is 0.497 e. The number of hydrogen-bond donors (Lipinski definition) is 2. The number of hydrogen-bond acceptors (Lipinski definition) is 6. The normalized spacial score (nSPS) is 11.0. The maximum Gasteiger partial charge on any atom is 0.255 e. The van der Waals surface area contributed by atoms with Crippen LogP contribution in [0.1, 0.15) is 15.9 Å². The van der Waals surface area contributed by atoms with E-state index in [4.69, 9.17) is 32.7 Å². The van der Waals surface area contributed by atoms with E-state index in [1.165, 1.54) is 0 Å². The van der Waals surface area contributed by atoms with Crippen LogP contribution in [0.3, 0.4) is 0 Å². The van der Waals surface area contributed by atoms with Crippen LogP contribution in [0, 0.1) is 0 Å². The molecule has 3 aromatic rings. The molecule has 174 valence electrons. The third kappa shape index (κ3) is 7.28. The number of sulfone groups is 1. The van der Waals surface area contributed by atoms with Crippen molar-refractivity contribution in [3.8, 4) is 11.5 Å². The minimum atomic E-state index is -3.27. The first kappa shape index (κ1) is 24.7. The standard InChI is InChI=1S/C23H22Cl2N2O5S/c1-31-19-7-3-15(4-8-19)23(28)27-18-6-10-21(26-14-33(2,29)30)22(12-18)32-13-16-11-17(24)5-9-20(16)25/h3-12,26H,13-14H2,1-2H3,(H,27,28). The predicted octanol–water partition coefficient (Wildman–Crippen LogP) is 5.25. The highest BCUT2D eigenvalue weighted by atomic mass is 35.5. The van der Waals surface area contributed by atoms with Gasteiger partial charge in [-0.15, -0.1) is 0 Å². The van der Waals surface area contributed by atoms with Gasteiger partial charge in [-0.1, -0.05) is 23.2 Å². The Labute approximate surface area is 202 Å². The molecule has 0 unspecified atom stereocenters. The number of amides is 1. The van der Waals surface area contributed by atoms with Crippen LogP contribution in [-0.2, 0) is 16.4 Å². The highest BCUT2D eigenvalue weighted by Crippen LogP contribution is 2.31. The second-order valence-corrected chi connectivity index (χ2v) is 10.1. The molecule has 0 atom stereocenters. The molecule has 0 saturated heterocycles. The zero-order chi connectivity index (χ0) is 24.0. The van der Waals surface area contributed by atoms with Gasteiger partial charge >= 0.3 is 0 Å². The van der Waals surface area contributed by atoms with Crippen LogP contribution >= 0.6 is 23.2 Å². The summed E-state index contributed by atoms with van der Waals surface area (Å²) in [5.41, 5.74) is 2.02. The van der Waals surface area contributed by atoms with Crippen LogP contribution in [0.25, 0.3) is 0 Å². The van der Waals surface area contributed by atoms with Gasteiger partial charge in [0, 0.05) is 39.2 Å². The molecule has 0 aliphatic carbocycles. The van der Waals surface area contributed by atoms with Crippen molar-refractivity contribution < 1.29 is 22.7 Å². The molecule has 0 radical (unpaired) electrons. The first-order chi connectivity index (χ1) is 15.6. The van der Waals surface area contributed by atoms with E-state index in [0.29, 0.717) is 44.0 Å². The van der Waals surface area contributed by atoms with Crippen LogP contribution < -0.4 is 20.1 Å². The number of rotatable bonds is 9. The van der Waals surface area contributed by atoms with Crippen molar-refractivity contribution in [3.05, 3.63) is 81.8 Å². The van der Waals surface area contributed by atoms with Crippen molar-refractivity contribution in [1.82, 2.24) is 0 Å². The molecular weight excluding hydrogens is 487 g/mol. The zero-order valence-corrected chi connectivity index (χ0v) is 20.2. The molecule has 7 nitrogen and oxygen atoms in total. The fourth-order valence-corrected chi connectivity index (χ4v) is 3.61. The van der Waals surface area contributed by atoms with Crippen LogP contribution in [0.5, 0.6) is 11.5 Å². The van der Waals surface area contributed by atoms with E-state index in [-0.39, 0.29) is 18.4 Å². The number of methoxy groups -OCH3 is 1. The van der Waals surface area contributed by atoms with E-state index in [1.807, 2.05) is 0 Å². The molecule has 1 amide bonds. The fraction of sp³-hybridized carbons (Fsp3) is 0.174. The van der Waals surface area contributed by atoms with Crippen molar-refractivity contribution in [2.45, 2.75) is 6.61 Å². The Bertz CT molecular complexity index is 1250. The summed E-state index contributed by atoms with van der Waals surface area (Å²) in [6.45, 7) is 0.0861. The number of ether oxygens (including phenoxy) is 2. The molecule has 0 aliphatic rings. The van der Waals surface area contributed by atoms with Crippen LogP contribution in [-0.4, -0.2) is 33.6 Å². The maximum atomic E-state index is 12.6. The third-order valence-electron chi connectivity index (χ3n) is 4.51. The van der Waals surface area contributed by atoms with Gasteiger partial charge in [-0.2, -0.15) is 0 Å². The SMILES string of the molecule is COc1ccc(C(=O)Nc2ccc(NCS(C)(=O)=O)c(OCc3cc(Cl)ccc3Cl)c2)cc1. The summed E-state index contributed by atoms with van der Waals surface area (Å²) < 4.78 is 34.2. The maximum absolute atomic E-state index is 12.6. The first-order valence-corrected chi connectivity index (χ1v) is 12.5. The van der Waals surface area contributed by atoms with Crippen molar-refractivity contribution in [2.75, 3.05) is 29.9 Å². The highest BCUT2D eigenvalue weighted by molar-refractivity contribution is 7.90. The van der Waals surface area contributed by atoms with E-state index in [9.17, 15) is 13.2 Å². The van der Waals surface area contributed by atoms with Gasteiger partial charge in [0.2, 0.25) is 0 Å². The van der Waals surface area contributed by atoms with E-state index in [0.717, 1.165) is 6.26 Å². The minimum Gasteiger partial charge on any atom is -0.497 e. The topological polar surface area (TPSA) is 93.7 Å². The molecule has 0 heterocycles. The first-order valence-electron chi connectivity index (χ1n) is 9.72. The van der Waals surface area contributed by atoms with Gasteiger partial charge in [-0.05, 0) is 54.6 Å². The Hall–Kier alpha value is -2.94. The zero-order valence-electron chi connectivity index (χ0n) is 17.9. The second-order valence-electron chi connectivity index (χ2n) is 7.16. The summed E-state index contributed by atoms with van der Waals surface area (Å²) in [6, 6.07) is 16.6. The smallest absolute Gasteiger partial charge is 0.255 e. The lowest BCUT2D eigenvalue weighted by atomic mass is 10.2. The number of carbonyl (C=O) groups is 1. The monoisotopic (exact) mass is 508 g/mol. The van der Waals surface area contributed by atoms with Gasteiger partial charge < -0.3 is 20.1 Å². The Morgan fingerprint density at radius 2 is 1.73 bits per heavy atom. The summed E-state index contributed by atoms with van der Waals surface area (Å²) in [4.78, 5) is 12.6. The summed E-state index contributed by atoms with van der Waals surface area (Å²) in [5.74, 6) is 0.377. The van der Waals surface area contributed by atoms with Gasteiger partial charge in [0.15, 0.2) is 9.84 Å². The molecule has 0 aliphatic heterocycles. The molecule has 3 rings (SSSR count). The molecule has 2 N–H and O–H groups in total. The number of halogens is 2. The molecule has 0 spiro atoms. The molecule has 0 aromatic heterocycles. The molecule has 0 bridgehead atoms. The number of nitrogens with one attached hydrogen (secondary N) is 2. The van der Waals surface area contributed by atoms with E-state index in [1.54, 1.807) is 67.8 Å². The summed E-state index contributed by atoms with van der Waals surface area (Å²) in [5, 5.41) is 6.63. The molecule has 10 heteroatoms. The highest BCUT2D eigenvalue weighted by Gasteiger charge is 2.12. The van der Waals surface area contributed by atoms with E-state index >= 15 is 0 Å². The molecule has 0 saturated carbocycles. The predicted molar refractivity (Wildman–Crippen MR) is 132 cm³/mol. The van der Waals surface area contributed by atoms with Gasteiger partial charge in [-0.3, -0.25) is 4.79 Å². The number of carbonyl (C=O) groups excluding carboxylic acids is 1. The number of benzene rings is 3. The van der Waals surface area contributed by atoms with Gasteiger partial charge in [-0.25, -0.2) is 8.42 Å². The summed E-state index contributed by atoms with van der Waals surface area (Å²) in [7, 11) is -1.73. The minimum absolute atomic E-state index is 0.0861. The van der Waals surface area contributed by atoms with Crippen molar-refractivity contribution >= 4 is 50.3 Å². The van der Waals surface area contributed by atoms with E-state index < -0.39 is 9.84 Å². The van der Waals surface area contributed by atoms with Gasteiger partial charge in [0.25, 0.3) is 5.91 Å². The molecule has 33 heavy (non-hydrogen) atoms.